The van der Waals surface area contributed by atoms with E-state index in [9.17, 15) is 0 Å². The van der Waals surface area contributed by atoms with Crippen molar-refractivity contribution in [1.82, 2.24) is 5.32 Å². The van der Waals surface area contributed by atoms with Crippen LogP contribution in [0, 0.1) is 0 Å². The molecular formula is C17H19NS. The predicted molar refractivity (Wildman–Crippen MR) is 82.6 cm³/mol. The number of rotatable bonds is 4. The minimum absolute atomic E-state index is 0.492. The van der Waals surface area contributed by atoms with E-state index in [1.807, 2.05) is 11.8 Å². The Bertz CT molecular complexity index is 565. The van der Waals surface area contributed by atoms with Crippen LogP contribution >= 0.6 is 11.8 Å². The van der Waals surface area contributed by atoms with Gasteiger partial charge in [0.1, 0.15) is 0 Å². The van der Waals surface area contributed by atoms with Crippen LogP contribution < -0.4 is 5.32 Å². The monoisotopic (exact) mass is 269 g/mol. The maximum Gasteiger partial charge on any atom is 0.0429 e. The van der Waals surface area contributed by atoms with Crippen LogP contribution in [0.5, 0.6) is 0 Å². The van der Waals surface area contributed by atoms with Crippen molar-refractivity contribution < 1.29 is 0 Å². The highest BCUT2D eigenvalue weighted by Crippen LogP contribution is 2.37. The van der Waals surface area contributed by atoms with Crippen molar-refractivity contribution in [1.29, 1.82) is 0 Å². The Morgan fingerprint density at radius 2 is 1.79 bits per heavy atom. The minimum Gasteiger partial charge on any atom is -0.305 e. The summed E-state index contributed by atoms with van der Waals surface area (Å²) in [5, 5.41) is 3.71. The lowest BCUT2D eigenvalue weighted by Crippen LogP contribution is -2.21. The van der Waals surface area contributed by atoms with E-state index in [-0.39, 0.29) is 0 Å². The first kappa shape index (κ1) is 12.8. The van der Waals surface area contributed by atoms with Crippen molar-refractivity contribution in [2.45, 2.75) is 30.8 Å². The second-order valence-electron chi connectivity index (χ2n) is 4.90. The van der Waals surface area contributed by atoms with Crippen molar-refractivity contribution in [2.24, 2.45) is 0 Å². The van der Waals surface area contributed by atoms with Gasteiger partial charge in [-0.3, -0.25) is 0 Å². The molecule has 2 aromatic carbocycles. The Morgan fingerprint density at radius 1 is 1.05 bits per heavy atom. The standard InChI is InChI=1S/C17H19NS/c1-2-13-7-3-4-8-14(13)11-18-16-12-19-17-10-6-5-9-15(16)17/h3-10,16,18H,2,11-12H2,1H3. The molecule has 1 N–H and O–H groups in total. The number of nitrogens with one attached hydrogen (secondary N) is 1. The molecule has 1 atom stereocenters. The van der Waals surface area contributed by atoms with E-state index in [1.54, 1.807) is 0 Å². The molecular weight excluding hydrogens is 250 g/mol. The van der Waals surface area contributed by atoms with E-state index in [4.69, 9.17) is 0 Å². The largest absolute Gasteiger partial charge is 0.305 e. The topological polar surface area (TPSA) is 12.0 Å². The molecule has 0 amide bonds. The van der Waals surface area contributed by atoms with Crippen LogP contribution in [0.25, 0.3) is 0 Å². The number of hydrogen-bond acceptors (Lipinski definition) is 2. The molecule has 98 valence electrons. The van der Waals surface area contributed by atoms with Crippen molar-refractivity contribution >= 4 is 11.8 Å². The van der Waals surface area contributed by atoms with Gasteiger partial charge in [-0.2, -0.15) is 0 Å². The van der Waals surface area contributed by atoms with E-state index in [0.29, 0.717) is 6.04 Å². The average molecular weight is 269 g/mol. The van der Waals surface area contributed by atoms with Crippen LogP contribution in [0.1, 0.15) is 29.7 Å². The lowest BCUT2D eigenvalue weighted by Gasteiger charge is -2.15. The number of benzene rings is 2. The zero-order valence-corrected chi connectivity index (χ0v) is 12.0. The molecule has 1 unspecified atom stereocenters. The van der Waals surface area contributed by atoms with Crippen molar-refractivity contribution in [3.05, 3.63) is 65.2 Å². The lowest BCUT2D eigenvalue weighted by molar-refractivity contribution is 0.581. The first-order valence-corrected chi connectivity index (χ1v) is 7.89. The van der Waals surface area contributed by atoms with Gasteiger partial charge >= 0.3 is 0 Å². The van der Waals surface area contributed by atoms with Gasteiger partial charge in [-0.15, -0.1) is 11.8 Å². The van der Waals surface area contributed by atoms with Crippen LogP contribution in [-0.2, 0) is 13.0 Å². The van der Waals surface area contributed by atoms with Crippen LogP contribution in [0.4, 0.5) is 0 Å². The smallest absolute Gasteiger partial charge is 0.0429 e. The van der Waals surface area contributed by atoms with Gasteiger partial charge in [0.2, 0.25) is 0 Å². The molecule has 0 radical (unpaired) electrons. The number of aryl methyl sites for hydroxylation is 1. The average Bonchev–Trinajstić information content (AvgIpc) is 2.89. The van der Waals surface area contributed by atoms with E-state index >= 15 is 0 Å². The summed E-state index contributed by atoms with van der Waals surface area (Å²) in [5.41, 5.74) is 4.34. The van der Waals surface area contributed by atoms with Gasteiger partial charge in [0.25, 0.3) is 0 Å². The summed E-state index contributed by atoms with van der Waals surface area (Å²) in [4.78, 5) is 1.43. The quantitative estimate of drug-likeness (QED) is 0.893. The summed E-state index contributed by atoms with van der Waals surface area (Å²) < 4.78 is 0. The fourth-order valence-electron chi connectivity index (χ4n) is 2.64. The van der Waals surface area contributed by atoms with Crippen LogP contribution in [0.2, 0.25) is 0 Å². The fraction of sp³-hybridized carbons (Fsp3) is 0.294. The highest BCUT2D eigenvalue weighted by molar-refractivity contribution is 7.99. The molecule has 19 heavy (non-hydrogen) atoms. The Balaban J connectivity index is 1.71. The van der Waals surface area contributed by atoms with E-state index in [0.717, 1.165) is 18.7 Å². The van der Waals surface area contributed by atoms with E-state index < -0.39 is 0 Å². The van der Waals surface area contributed by atoms with Gasteiger partial charge in [-0.25, -0.2) is 0 Å². The third-order valence-corrected chi connectivity index (χ3v) is 4.92. The number of thioether (sulfide) groups is 1. The van der Waals surface area contributed by atoms with Crippen LogP contribution in [-0.4, -0.2) is 5.75 Å². The van der Waals surface area contributed by atoms with Gasteiger partial charge in [0.05, 0.1) is 0 Å². The van der Waals surface area contributed by atoms with Crippen molar-refractivity contribution in [3.8, 4) is 0 Å². The fourth-order valence-corrected chi connectivity index (χ4v) is 3.84. The van der Waals surface area contributed by atoms with Crippen molar-refractivity contribution in [2.75, 3.05) is 5.75 Å². The first-order valence-electron chi connectivity index (χ1n) is 6.90. The van der Waals surface area contributed by atoms with E-state index in [1.165, 1.54) is 21.6 Å². The summed E-state index contributed by atoms with van der Waals surface area (Å²) in [5.74, 6) is 1.15. The van der Waals surface area contributed by atoms with Gasteiger partial charge in [0.15, 0.2) is 0 Å². The van der Waals surface area contributed by atoms with Gasteiger partial charge in [-0.05, 0) is 29.2 Å². The SMILES string of the molecule is CCc1ccccc1CNC1CSc2ccccc21. The summed E-state index contributed by atoms with van der Waals surface area (Å²) in [6.07, 6.45) is 1.11. The minimum atomic E-state index is 0.492. The summed E-state index contributed by atoms with van der Waals surface area (Å²) in [7, 11) is 0. The molecule has 0 spiro atoms. The third-order valence-electron chi connectivity index (χ3n) is 3.74. The lowest BCUT2D eigenvalue weighted by atomic mass is 10.0. The summed E-state index contributed by atoms with van der Waals surface area (Å²) in [6.45, 7) is 3.18. The number of fused-ring (bicyclic) bond motifs is 1. The molecule has 2 heteroatoms. The Kier molecular flexibility index (Phi) is 3.90. The Labute approximate surface area is 119 Å². The molecule has 0 aliphatic carbocycles. The molecule has 1 aliphatic rings. The summed E-state index contributed by atoms with van der Waals surface area (Å²) in [6, 6.07) is 18.0. The van der Waals surface area contributed by atoms with Gasteiger partial charge in [-0.1, -0.05) is 49.4 Å². The zero-order valence-electron chi connectivity index (χ0n) is 11.2. The molecule has 0 saturated carbocycles. The maximum absolute atomic E-state index is 3.71. The summed E-state index contributed by atoms with van der Waals surface area (Å²) >= 11 is 1.96. The molecule has 3 rings (SSSR count). The highest BCUT2D eigenvalue weighted by Gasteiger charge is 2.21. The molecule has 1 nitrogen and oxygen atoms in total. The maximum atomic E-state index is 3.71. The first-order chi connectivity index (χ1) is 9.38. The molecule has 0 fully saturated rings. The molecule has 1 aliphatic heterocycles. The molecule has 0 aromatic heterocycles. The molecule has 2 aromatic rings. The normalized spacial score (nSPS) is 17.4. The molecule has 0 saturated heterocycles. The van der Waals surface area contributed by atoms with Crippen LogP contribution in [0.15, 0.2) is 53.4 Å². The van der Waals surface area contributed by atoms with Gasteiger partial charge in [0, 0.05) is 23.2 Å². The van der Waals surface area contributed by atoms with Crippen LogP contribution in [0.3, 0.4) is 0 Å². The molecule has 0 bridgehead atoms. The van der Waals surface area contributed by atoms with E-state index in [2.05, 4.69) is 60.8 Å². The van der Waals surface area contributed by atoms with Gasteiger partial charge < -0.3 is 5.32 Å². The second-order valence-corrected chi connectivity index (χ2v) is 5.97. The Hall–Kier alpha value is -1.25. The predicted octanol–water partition coefficient (Wildman–Crippen LogP) is 4.19. The highest BCUT2D eigenvalue weighted by atomic mass is 32.2. The molecule has 1 heterocycles. The second kappa shape index (κ2) is 5.81. The zero-order chi connectivity index (χ0) is 13.1. The number of hydrogen-bond donors (Lipinski definition) is 1. The third kappa shape index (κ3) is 2.70. The van der Waals surface area contributed by atoms with Crippen molar-refractivity contribution in [3.63, 3.8) is 0 Å². The Morgan fingerprint density at radius 3 is 2.63 bits per heavy atom.